The number of nitrogens with zero attached hydrogens (tertiary/aromatic N) is 4. The molecule has 59 heavy (non-hydrogen) atoms. The Hall–Kier alpha value is -7.08. The van der Waals surface area contributed by atoms with E-state index in [0.29, 0.717) is 17.3 Å². The first kappa shape index (κ1) is 37.5. The molecule has 1 aromatic heterocycles. The van der Waals surface area contributed by atoms with Crippen molar-refractivity contribution in [2.75, 3.05) is 9.80 Å². The van der Waals surface area contributed by atoms with Gasteiger partial charge < -0.3 is 14.2 Å². The molecule has 0 N–H and O–H groups in total. The second-order valence-corrected chi connectivity index (χ2v) is 17.4. The first-order valence-electron chi connectivity index (χ1n) is 20.3. The van der Waals surface area contributed by atoms with E-state index in [4.69, 9.17) is 17.6 Å². The average molecular weight is 767 g/mol. The molecule has 8 aromatic rings. The van der Waals surface area contributed by atoms with Crippen LogP contribution in [-0.2, 0) is 10.8 Å². The Morgan fingerprint density at radius 2 is 1.12 bits per heavy atom. The van der Waals surface area contributed by atoms with Crippen molar-refractivity contribution in [2.24, 2.45) is 0 Å². The number of fused-ring (bicyclic) bond motifs is 7. The fraction of sp³-hybridized carbons (Fsp3) is 0.185. The number of hydrogen-bond donors (Lipinski definition) is 0. The second kappa shape index (κ2) is 14.1. The Morgan fingerprint density at radius 1 is 0.593 bits per heavy atom. The highest BCUT2D eigenvalue weighted by molar-refractivity contribution is 6.16. The number of benzene rings is 7. The summed E-state index contributed by atoms with van der Waals surface area (Å²) in [5.41, 5.74) is 15.9. The molecule has 0 fully saturated rings. The summed E-state index contributed by atoms with van der Waals surface area (Å²) in [6.07, 6.45) is 0. The SMILES string of the molecule is [C-]#[N+]c1ccc(N(c2ccc(C(C)C)cc2)c2ccc3c(c2)C(C)(C)c2c-3cc(N(c3ccc([N+]#[C-])cc3)c3ccc(C(C)(C)C)cc3)c3oc4ccccc4c23)cc1. The van der Waals surface area contributed by atoms with Crippen molar-refractivity contribution in [1.29, 1.82) is 0 Å². The minimum atomic E-state index is -0.387. The van der Waals surface area contributed by atoms with E-state index in [1.807, 2.05) is 54.6 Å². The first-order valence-corrected chi connectivity index (χ1v) is 20.3. The number of hydrogen-bond acceptors (Lipinski definition) is 3. The molecular formula is C54H46N4O. The van der Waals surface area contributed by atoms with E-state index in [2.05, 4.69) is 159 Å². The molecule has 9 rings (SSSR count). The van der Waals surface area contributed by atoms with E-state index >= 15 is 0 Å². The van der Waals surface area contributed by atoms with Crippen LogP contribution >= 0.6 is 0 Å². The maximum atomic E-state index is 7.65. The van der Waals surface area contributed by atoms with Crippen LogP contribution in [0.2, 0.25) is 0 Å². The van der Waals surface area contributed by atoms with E-state index in [-0.39, 0.29) is 10.8 Å². The van der Waals surface area contributed by atoms with Crippen molar-refractivity contribution in [3.8, 4) is 11.1 Å². The van der Waals surface area contributed by atoms with Crippen molar-refractivity contribution in [2.45, 2.75) is 65.2 Å². The molecule has 0 amide bonds. The van der Waals surface area contributed by atoms with Gasteiger partial charge in [-0.25, -0.2) is 9.69 Å². The third-order valence-electron chi connectivity index (χ3n) is 12.0. The molecule has 0 aliphatic heterocycles. The molecule has 1 aliphatic rings. The van der Waals surface area contributed by atoms with Gasteiger partial charge in [-0.15, -0.1) is 0 Å². The van der Waals surface area contributed by atoms with Crippen molar-refractivity contribution in [3.05, 3.63) is 191 Å². The van der Waals surface area contributed by atoms with Gasteiger partial charge in [-0.05, 0) is 118 Å². The van der Waals surface area contributed by atoms with Gasteiger partial charge in [-0.3, -0.25) is 0 Å². The minimum absolute atomic E-state index is 0.00266. The van der Waals surface area contributed by atoms with Gasteiger partial charge >= 0.3 is 0 Å². The standard InChI is InChI=1S/C54H46N4O/c1-34(2)35-14-22-39(23-15-35)57(40-26-18-37(55-8)19-27-40)43-30-31-44-46-33-48(52-50(45-12-10-11-13-49(45)59-52)51(46)54(6,7)47(44)32-43)58(42-28-20-38(56-9)21-29-42)41-24-16-36(17-25-41)53(3,4)5/h10-34H,1-7H3. The van der Waals surface area contributed by atoms with Gasteiger partial charge in [0.05, 0.1) is 18.8 Å². The van der Waals surface area contributed by atoms with Gasteiger partial charge in [0.15, 0.2) is 17.0 Å². The first-order chi connectivity index (χ1) is 28.4. The van der Waals surface area contributed by atoms with E-state index in [0.717, 1.165) is 56.1 Å². The summed E-state index contributed by atoms with van der Waals surface area (Å²) in [5.74, 6) is 0.423. The third kappa shape index (κ3) is 6.31. The van der Waals surface area contributed by atoms with E-state index in [1.165, 1.54) is 33.4 Å². The van der Waals surface area contributed by atoms with E-state index in [9.17, 15) is 0 Å². The molecule has 1 heterocycles. The van der Waals surface area contributed by atoms with Crippen LogP contribution in [0.3, 0.4) is 0 Å². The highest BCUT2D eigenvalue weighted by atomic mass is 16.3. The predicted octanol–water partition coefficient (Wildman–Crippen LogP) is 16.4. The van der Waals surface area contributed by atoms with Gasteiger partial charge in [-0.1, -0.05) is 121 Å². The smallest absolute Gasteiger partial charge is 0.187 e. The summed E-state index contributed by atoms with van der Waals surface area (Å²) in [6.45, 7) is 31.0. The maximum Gasteiger partial charge on any atom is 0.187 e. The largest absolute Gasteiger partial charge is 0.454 e. The Labute approximate surface area is 347 Å². The number of furan rings is 1. The van der Waals surface area contributed by atoms with Crippen molar-refractivity contribution < 1.29 is 4.42 Å². The quantitative estimate of drug-likeness (QED) is 0.151. The summed E-state index contributed by atoms with van der Waals surface area (Å²) >= 11 is 0. The lowest BCUT2D eigenvalue weighted by Crippen LogP contribution is -2.17. The number of para-hydroxylation sites is 1. The Kier molecular flexibility index (Phi) is 8.95. The summed E-state index contributed by atoms with van der Waals surface area (Å²) in [7, 11) is 0. The van der Waals surface area contributed by atoms with E-state index < -0.39 is 0 Å². The second-order valence-electron chi connectivity index (χ2n) is 17.4. The van der Waals surface area contributed by atoms with Crippen LogP contribution in [0.25, 0.3) is 42.8 Å². The van der Waals surface area contributed by atoms with Gasteiger partial charge in [0, 0.05) is 44.6 Å². The zero-order chi connectivity index (χ0) is 41.2. The van der Waals surface area contributed by atoms with Crippen molar-refractivity contribution >= 4 is 67.4 Å². The van der Waals surface area contributed by atoms with Gasteiger partial charge in [0.25, 0.3) is 0 Å². The summed E-state index contributed by atoms with van der Waals surface area (Å²) in [4.78, 5) is 11.9. The van der Waals surface area contributed by atoms with Crippen molar-refractivity contribution in [1.82, 2.24) is 0 Å². The molecule has 0 bridgehead atoms. The molecule has 0 saturated carbocycles. The topological polar surface area (TPSA) is 28.3 Å². The fourth-order valence-electron chi connectivity index (χ4n) is 8.81. The maximum absolute atomic E-state index is 7.65. The lowest BCUT2D eigenvalue weighted by atomic mass is 9.80. The van der Waals surface area contributed by atoms with Crippen LogP contribution in [0.5, 0.6) is 0 Å². The molecule has 0 unspecified atom stereocenters. The molecule has 5 heteroatoms. The summed E-state index contributed by atoms with van der Waals surface area (Å²) in [6, 6.07) is 50.9. The normalized spacial score (nSPS) is 12.9. The van der Waals surface area contributed by atoms with Crippen LogP contribution in [0, 0.1) is 13.1 Å². The lowest BCUT2D eigenvalue weighted by molar-refractivity contribution is 0.590. The molecule has 288 valence electrons. The van der Waals surface area contributed by atoms with Crippen LogP contribution in [-0.4, -0.2) is 0 Å². The summed E-state index contributed by atoms with van der Waals surface area (Å²) < 4.78 is 6.95. The summed E-state index contributed by atoms with van der Waals surface area (Å²) in [5, 5.41) is 2.20. The molecule has 0 spiro atoms. The fourth-order valence-corrected chi connectivity index (χ4v) is 8.81. The Bertz CT molecular complexity index is 2970. The minimum Gasteiger partial charge on any atom is -0.454 e. The number of anilines is 6. The van der Waals surface area contributed by atoms with Crippen LogP contribution in [0.4, 0.5) is 45.5 Å². The van der Waals surface area contributed by atoms with Gasteiger partial charge in [0.1, 0.15) is 5.58 Å². The van der Waals surface area contributed by atoms with Crippen molar-refractivity contribution in [3.63, 3.8) is 0 Å². The zero-order valence-electron chi connectivity index (χ0n) is 34.6. The van der Waals surface area contributed by atoms with Gasteiger partial charge in [0.2, 0.25) is 0 Å². The highest BCUT2D eigenvalue weighted by Crippen LogP contribution is 2.57. The molecule has 5 nitrogen and oxygen atoms in total. The lowest BCUT2D eigenvalue weighted by Gasteiger charge is -2.29. The van der Waals surface area contributed by atoms with Crippen LogP contribution in [0.15, 0.2) is 150 Å². The zero-order valence-corrected chi connectivity index (χ0v) is 34.6. The molecule has 1 aliphatic carbocycles. The van der Waals surface area contributed by atoms with Crippen LogP contribution in [0.1, 0.15) is 76.6 Å². The predicted molar refractivity (Wildman–Crippen MR) is 246 cm³/mol. The molecule has 0 saturated heterocycles. The highest BCUT2D eigenvalue weighted by Gasteiger charge is 2.40. The Morgan fingerprint density at radius 3 is 1.68 bits per heavy atom. The van der Waals surface area contributed by atoms with Crippen LogP contribution < -0.4 is 9.80 Å². The number of rotatable bonds is 7. The van der Waals surface area contributed by atoms with Gasteiger partial charge in [-0.2, -0.15) is 0 Å². The molecular weight excluding hydrogens is 721 g/mol. The monoisotopic (exact) mass is 766 g/mol. The molecule has 7 aromatic carbocycles. The van der Waals surface area contributed by atoms with E-state index in [1.54, 1.807) is 0 Å². The third-order valence-corrected chi connectivity index (χ3v) is 12.0. The molecule has 0 atom stereocenters. The Balaban J connectivity index is 1.28. The average Bonchev–Trinajstić information content (AvgIpc) is 3.73. The molecule has 0 radical (unpaired) electrons.